The number of hydrogen-bond donors (Lipinski definition) is 1. The van der Waals surface area contributed by atoms with Crippen LogP contribution in [-0.4, -0.2) is 11.9 Å². The minimum Gasteiger partial charge on any atom is -0.302 e. The van der Waals surface area contributed by atoms with Crippen molar-refractivity contribution < 1.29 is 9.59 Å². The van der Waals surface area contributed by atoms with Crippen molar-refractivity contribution >= 4 is 51.2 Å². The Bertz CT molecular complexity index is 770. The first kappa shape index (κ1) is 14.8. The van der Waals surface area contributed by atoms with Gasteiger partial charge < -0.3 is 5.32 Å². The van der Waals surface area contributed by atoms with Crippen LogP contribution in [0.3, 0.4) is 0 Å². The zero-order valence-electron chi connectivity index (χ0n) is 11.2. The molecule has 1 saturated heterocycles. The summed E-state index contributed by atoms with van der Waals surface area (Å²) < 4.78 is 0.944. The van der Waals surface area contributed by atoms with E-state index in [0.29, 0.717) is 10.7 Å². The van der Waals surface area contributed by atoms with Gasteiger partial charge in [0.05, 0.1) is 5.69 Å². The summed E-state index contributed by atoms with van der Waals surface area (Å²) >= 11 is 9.17. The van der Waals surface area contributed by atoms with Crippen LogP contribution in [0.1, 0.15) is 5.56 Å². The van der Waals surface area contributed by atoms with Gasteiger partial charge in [-0.3, -0.25) is 4.79 Å². The molecule has 0 unspecified atom stereocenters. The molecule has 1 aliphatic rings. The van der Waals surface area contributed by atoms with Gasteiger partial charge >= 0.3 is 6.03 Å². The van der Waals surface area contributed by atoms with Gasteiger partial charge in [-0.25, -0.2) is 9.69 Å². The Kier molecular flexibility index (Phi) is 4.00. The van der Waals surface area contributed by atoms with Gasteiger partial charge in [-0.1, -0.05) is 39.7 Å². The molecule has 0 radical (unpaired) electrons. The second kappa shape index (κ2) is 5.94. The Morgan fingerprint density at radius 3 is 2.27 bits per heavy atom. The van der Waals surface area contributed by atoms with Crippen LogP contribution in [-0.2, 0) is 4.79 Å². The zero-order chi connectivity index (χ0) is 15.7. The summed E-state index contributed by atoms with van der Waals surface area (Å²) in [4.78, 5) is 25.5. The van der Waals surface area contributed by atoms with Crippen LogP contribution >= 0.6 is 27.5 Å². The van der Waals surface area contributed by atoms with Crippen molar-refractivity contribution in [2.24, 2.45) is 0 Å². The SMILES string of the molecule is O=C1N/C(=C/c2ccc(Br)cc2)C(=O)N1c1ccc(Cl)cc1. The van der Waals surface area contributed by atoms with Crippen molar-refractivity contribution in [3.8, 4) is 0 Å². The van der Waals surface area contributed by atoms with E-state index in [4.69, 9.17) is 11.6 Å². The lowest BCUT2D eigenvalue weighted by Gasteiger charge is -2.11. The first-order valence-corrected chi connectivity index (χ1v) is 7.60. The van der Waals surface area contributed by atoms with Gasteiger partial charge in [-0.05, 0) is 48.0 Å². The predicted octanol–water partition coefficient (Wildman–Crippen LogP) is 4.20. The number of benzene rings is 2. The number of nitrogens with one attached hydrogen (secondary N) is 1. The standard InChI is InChI=1S/C16H10BrClN2O2/c17-11-3-1-10(2-4-11)9-14-15(21)20(16(22)19-14)13-7-5-12(18)6-8-13/h1-9H,(H,19,22)/b14-9+. The number of carbonyl (C=O) groups excluding carboxylic acids is 2. The van der Waals surface area contributed by atoms with E-state index in [1.165, 1.54) is 0 Å². The first-order valence-electron chi connectivity index (χ1n) is 6.43. The van der Waals surface area contributed by atoms with Crippen molar-refractivity contribution in [2.75, 3.05) is 4.90 Å². The van der Waals surface area contributed by atoms with Crippen molar-refractivity contribution in [3.05, 3.63) is 69.3 Å². The monoisotopic (exact) mass is 376 g/mol. The number of rotatable bonds is 2. The molecule has 6 heteroatoms. The molecular weight excluding hydrogens is 368 g/mol. The van der Waals surface area contributed by atoms with E-state index in [9.17, 15) is 9.59 Å². The van der Waals surface area contributed by atoms with Crippen LogP contribution in [0.15, 0.2) is 58.7 Å². The van der Waals surface area contributed by atoms with Gasteiger partial charge in [0, 0.05) is 9.50 Å². The lowest BCUT2D eigenvalue weighted by atomic mass is 10.2. The normalized spacial score (nSPS) is 16.3. The molecule has 22 heavy (non-hydrogen) atoms. The van der Waals surface area contributed by atoms with Crippen molar-refractivity contribution in [1.82, 2.24) is 5.32 Å². The minimum atomic E-state index is -0.476. The van der Waals surface area contributed by atoms with Gasteiger partial charge in [-0.2, -0.15) is 0 Å². The number of urea groups is 1. The highest BCUT2D eigenvalue weighted by Gasteiger charge is 2.34. The summed E-state index contributed by atoms with van der Waals surface area (Å²) in [6.07, 6.45) is 1.64. The number of anilines is 1. The molecule has 3 rings (SSSR count). The summed E-state index contributed by atoms with van der Waals surface area (Å²) in [5, 5.41) is 3.13. The second-order valence-electron chi connectivity index (χ2n) is 4.66. The van der Waals surface area contributed by atoms with E-state index < -0.39 is 11.9 Å². The number of carbonyl (C=O) groups is 2. The molecule has 3 amide bonds. The van der Waals surface area contributed by atoms with Crippen LogP contribution < -0.4 is 10.2 Å². The Hall–Kier alpha value is -2.11. The summed E-state index contributed by atoms with van der Waals surface area (Å²) in [5.74, 6) is -0.393. The van der Waals surface area contributed by atoms with Crippen molar-refractivity contribution in [2.45, 2.75) is 0 Å². The third-order valence-corrected chi connectivity index (χ3v) is 3.92. The third kappa shape index (κ3) is 2.91. The van der Waals surface area contributed by atoms with E-state index in [0.717, 1.165) is 14.9 Å². The fourth-order valence-corrected chi connectivity index (χ4v) is 2.48. The Morgan fingerprint density at radius 2 is 1.64 bits per heavy atom. The number of nitrogens with zero attached hydrogens (tertiary/aromatic N) is 1. The van der Waals surface area contributed by atoms with Crippen LogP contribution in [0, 0.1) is 0 Å². The lowest BCUT2D eigenvalue weighted by Crippen LogP contribution is -2.30. The molecule has 1 fully saturated rings. The molecule has 2 aromatic rings. The molecule has 0 aliphatic carbocycles. The summed E-state index contributed by atoms with van der Waals surface area (Å²) in [7, 11) is 0. The highest BCUT2D eigenvalue weighted by Crippen LogP contribution is 2.24. The quantitative estimate of drug-likeness (QED) is 0.630. The van der Waals surface area contributed by atoms with E-state index in [1.54, 1.807) is 30.3 Å². The maximum Gasteiger partial charge on any atom is 0.333 e. The molecule has 0 saturated carbocycles. The molecule has 1 aliphatic heterocycles. The number of hydrogen-bond acceptors (Lipinski definition) is 2. The average Bonchev–Trinajstić information content (AvgIpc) is 2.77. The van der Waals surface area contributed by atoms with Crippen LogP contribution in [0.5, 0.6) is 0 Å². The molecule has 0 spiro atoms. The highest BCUT2D eigenvalue weighted by atomic mass is 79.9. The Morgan fingerprint density at radius 1 is 1.00 bits per heavy atom. The molecule has 2 aromatic carbocycles. The largest absolute Gasteiger partial charge is 0.333 e. The Labute approximate surface area is 140 Å². The van der Waals surface area contributed by atoms with Gasteiger partial charge in [0.1, 0.15) is 5.70 Å². The molecule has 1 N–H and O–H groups in total. The van der Waals surface area contributed by atoms with Crippen molar-refractivity contribution in [1.29, 1.82) is 0 Å². The fourth-order valence-electron chi connectivity index (χ4n) is 2.09. The molecular formula is C16H10BrClN2O2. The van der Waals surface area contributed by atoms with Gasteiger partial charge in [0.2, 0.25) is 0 Å². The van der Waals surface area contributed by atoms with Gasteiger partial charge in [0.15, 0.2) is 0 Å². The molecule has 1 heterocycles. The molecule has 4 nitrogen and oxygen atoms in total. The van der Waals surface area contributed by atoms with Crippen molar-refractivity contribution in [3.63, 3.8) is 0 Å². The van der Waals surface area contributed by atoms with E-state index in [1.807, 2.05) is 24.3 Å². The van der Waals surface area contributed by atoms with Gasteiger partial charge in [-0.15, -0.1) is 0 Å². The Balaban J connectivity index is 1.91. The van der Waals surface area contributed by atoms with Crippen LogP contribution in [0.2, 0.25) is 5.02 Å². The summed E-state index contributed by atoms with van der Waals surface area (Å²) in [6.45, 7) is 0. The second-order valence-corrected chi connectivity index (χ2v) is 6.01. The summed E-state index contributed by atoms with van der Waals surface area (Å²) in [5.41, 5.74) is 1.54. The molecule has 0 bridgehead atoms. The number of amides is 3. The lowest BCUT2D eigenvalue weighted by molar-refractivity contribution is -0.113. The van der Waals surface area contributed by atoms with Gasteiger partial charge in [0.25, 0.3) is 5.91 Å². The first-order chi connectivity index (χ1) is 10.5. The third-order valence-electron chi connectivity index (χ3n) is 3.14. The number of imide groups is 1. The topological polar surface area (TPSA) is 49.4 Å². The molecule has 0 atom stereocenters. The highest BCUT2D eigenvalue weighted by molar-refractivity contribution is 9.10. The minimum absolute atomic E-state index is 0.238. The molecule has 0 aromatic heterocycles. The summed E-state index contributed by atoms with van der Waals surface area (Å²) in [6, 6.07) is 13.5. The fraction of sp³-hybridized carbons (Fsp3) is 0. The van der Waals surface area contributed by atoms with E-state index in [2.05, 4.69) is 21.2 Å². The van der Waals surface area contributed by atoms with E-state index >= 15 is 0 Å². The maximum atomic E-state index is 12.4. The predicted molar refractivity (Wildman–Crippen MR) is 89.6 cm³/mol. The smallest absolute Gasteiger partial charge is 0.302 e. The molecule has 110 valence electrons. The van der Waals surface area contributed by atoms with E-state index in [-0.39, 0.29) is 5.70 Å². The zero-order valence-corrected chi connectivity index (χ0v) is 13.6. The van der Waals surface area contributed by atoms with Crippen LogP contribution in [0.25, 0.3) is 6.08 Å². The van der Waals surface area contributed by atoms with Crippen LogP contribution in [0.4, 0.5) is 10.5 Å². The number of halogens is 2. The maximum absolute atomic E-state index is 12.4. The average molecular weight is 378 g/mol.